The second kappa shape index (κ2) is 11.9. The third-order valence-electron chi connectivity index (χ3n) is 6.68. The minimum atomic E-state index is -1.76. The molecule has 1 aromatic rings. The van der Waals surface area contributed by atoms with Crippen molar-refractivity contribution >= 4 is 53.4 Å². The molecule has 2 aliphatic rings. The number of urea groups is 1. The standard InChI is InChI=1S/C25H31N5O9S/c1-5-28-11-12-29(20(34)19(28)33)24(39)27-15(14-9-7-6-8-10-14)18(32)26-16(22(35)36)21-30(13(2)31)17(23(37)38)25(3,4)40-21/h6-10,15-17,21H,5,11-12H2,1-4H3,(H,26,32)(H,27,39)(H,35,36)(H,37,38)/t15?,16-,17-,21+/m0/s1. The lowest BCUT2D eigenvalue weighted by atomic mass is 10.0. The molecule has 0 aliphatic carbocycles. The van der Waals surface area contributed by atoms with Crippen LogP contribution in [0.5, 0.6) is 0 Å². The molecular weight excluding hydrogens is 546 g/mol. The van der Waals surface area contributed by atoms with Gasteiger partial charge in [-0.15, -0.1) is 11.8 Å². The molecule has 0 bridgehead atoms. The third kappa shape index (κ3) is 6.03. The molecule has 2 saturated heterocycles. The number of nitrogens with zero attached hydrogens (tertiary/aromatic N) is 3. The zero-order valence-electron chi connectivity index (χ0n) is 22.3. The molecule has 2 fully saturated rings. The van der Waals surface area contributed by atoms with E-state index in [2.05, 4.69) is 10.6 Å². The van der Waals surface area contributed by atoms with Gasteiger partial charge in [0, 0.05) is 31.3 Å². The monoisotopic (exact) mass is 577 g/mol. The number of imide groups is 1. The van der Waals surface area contributed by atoms with E-state index in [1.807, 2.05) is 0 Å². The van der Waals surface area contributed by atoms with E-state index in [1.54, 1.807) is 39.0 Å². The molecule has 40 heavy (non-hydrogen) atoms. The van der Waals surface area contributed by atoms with Crippen molar-refractivity contribution in [2.75, 3.05) is 19.6 Å². The predicted molar refractivity (Wildman–Crippen MR) is 141 cm³/mol. The Kier molecular flexibility index (Phi) is 9.07. The first-order chi connectivity index (χ1) is 18.7. The number of nitrogens with one attached hydrogen (secondary N) is 2. The molecule has 15 heteroatoms. The molecule has 1 unspecified atom stereocenters. The van der Waals surface area contributed by atoms with Gasteiger partial charge < -0.3 is 30.6 Å². The first kappa shape index (κ1) is 30.4. The summed E-state index contributed by atoms with van der Waals surface area (Å²) in [4.78, 5) is 91.1. The fourth-order valence-electron chi connectivity index (χ4n) is 4.73. The number of carbonyl (C=O) groups excluding carboxylic acids is 5. The van der Waals surface area contributed by atoms with Crippen LogP contribution in [0.3, 0.4) is 0 Å². The van der Waals surface area contributed by atoms with Crippen molar-refractivity contribution in [2.45, 2.75) is 55.9 Å². The summed E-state index contributed by atoms with van der Waals surface area (Å²) < 4.78 is -1.10. The Morgan fingerprint density at radius 2 is 1.65 bits per heavy atom. The molecule has 2 aliphatic heterocycles. The third-order valence-corrected chi connectivity index (χ3v) is 8.25. The van der Waals surface area contributed by atoms with Crippen LogP contribution in [-0.2, 0) is 28.8 Å². The first-order valence-corrected chi connectivity index (χ1v) is 13.3. The highest BCUT2D eigenvalue weighted by atomic mass is 32.2. The lowest BCUT2D eigenvalue weighted by Crippen LogP contribution is -2.60. The fraction of sp³-hybridized carbons (Fsp3) is 0.480. The van der Waals surface area contributed by atoms with Crippen molar-refractivity contribution < 1.29 is 43.8 Å². The molecule has 6 amide bonds. The van der Waals surface area contributed by atoms with Crippen LogP contribution in [0.2, 0.25) is 0 Å². The summed E-state index contributed by atoms with van der Waals surface area (Å²) in [5.41, 5.74) is 0.245. The van der Waals surface area contributed by atoms with Crippen molar-refractivity contribution in [2.24, 2.45) is 0 Å². The number of benzene rings is 1. The minimum Gasteiger partial charge on any atom is -0.480 e. The lowest BCUT2D eigenvalue weighted by Gasteiger charge is -2.33. The topological polar surface area (TPSA) is 194 Å². The van der Waals surface area contributed by atoms with Gasteiger partial charge >= 0.3 is 29.8 Å². The smallest absolute Gasteiger partial charge is 0.329 e. The fourth-order valence-corrected chi connectivity index (χ4v) is 6.40. The van der Waals surface area contributed by atoms with Crippen LogP contribution in [0, 0.1) is 0 Å². The number of carboxylic acids is 2. The number of hydrogen-bond donors (Lipinski definition) is 4. The number of carboxylic acid groups (broad SMARTS) is 2. The highest BCUT2D eigenvalue weighted by molar-refractivity contribution is 8.01. The van der Waals surface area contributed by atoms with Crippen LogP contribution in [0.15, 0.2) is 30.3 Å². The molecule has 4 N–H and O–H groups in total. The van der Waals surface area contributed by atoms with Gasteiger partial charge in [-0.3, -0.25) is 24.1 Å². The van der Waals surface area contributed by atoms with E-state index in [4.69, 9.17) is 0 Å². The number of amides is 6. The van der Waals surface area contributed by atoms with Gasteiger partial charge in [0.05, 0.1) is 0 Å². The van der Waals surface area contributed by atoms with E-state index in [9.17, 15) is 43.8 Å². The van der Waals surface area contributed by atoms with E-state index in [0.717, 1.165) is 23.6 Å². The number of thioether (sulfide) groups is 1. The molecule has 0 saturated carbocycles. The van der Waals surface area contributed by atoms with Gasteiger partial charge in [0.2, 0.25) is 11.8 Å². The summed E-state index contributed by atoms with van der Waals surface area (Å²) in [5, 5.41) is 23.3. The second-order valence-corrected chi connectivity index (χ2v) is 11.5. The van der Waals surface area contributed by atoms with E-state index in [0.29, 0.717) is 4.90 Å². The number of hydrogen-bond acceptors (Lipinski definition) is 8. The summed E-state index contributed by atoms with van der Waals surface area (Å²) in [6.07, 6.45) is 0. The highest BCUT2D eigenvalue weighted by Crippen LogP contribution is 2.46. The van der Waals surface area contributed by atoms with Gasteiger partial charge in [-0.25, -0.2) is 14.4 Å². The van der Waals surface area contributed by atoms with Gasteiger partial charge in [-0.1, -0.05) is 30.3 Å². The normalized spacial score (nSPS) is 21.9. The van der Waals surface area contributed by atoms with Gasteiger partial charge in [-0.05, 0) is 26.3 Å². The molecule has 1 aromatic carbocycles. The first-order valence-electron chi connectivity index (χ1n) is 12.4. The number of rotatable bonds is 8. The van der Waals surface area contributed by atoms with Crippen LogP contribution < -0.4 is 10.6 Å². The van der Waals surface area contributed by atoms with E-state index >= 15 is 0 Å². The number of likely N-dealkylation sites (N-methyl/N-ethyl adjacent to an activating group) is 1. The predicted octanol–water partition coefficient (Wildman–Crippen LogP) is -0.149. The molecule has 2 heterocycles. The Balaban J connectivity index is 1.91. The molecule has 216 valence electrons. The quantitative estimate of drug-likeness (QED) is 0.302. The Labute approximate surface area is 234 Å². The number of piperazine rings is 1. The van der Waals surface area contributed by atoms with Crippen LogP contribution in [-0.4, -0.2) is 108 Å². The van der Waals surface area contributed by atoms with Crippen LogP contribution in [0.4, 0.5) is 4.79 Å². The largest absolute Gasteiger partial charge is 0.480 e. The van der Waals surface area contributed by atoms with Crippen molar-refractivity contribution in [3.63, 3.8) is 0 Å². The second-order valence-electron chi connectivity index (χ2n) is 9.74. The maximum absolute atomic E-state index is 13.5. The summed E-state index contributed by atoms with van der Waals surface area (Å²) in [7, 11) is 0. The SMILES string of the molecule is CCN1CCN(C(=O)NC(C(=O)N[C@H](C(=O)O)[C@H]2SC(C)(C)[C@H](C(=O)O)N2C(C)=O)c2ccccc2)C(=O)C1=O. The molecule has 14 nitrogen and oxygen atoms in total. The molecule has 0 spiro atoms. The summed E-state index contributed by atoms with van der Waals surface area (Å²) >= 11 is 0.912. The maximum atomic E-state index is 13.5. The average Bonchev–Trinajstić information content (AvgIpc) is 3.18. The van der Waals surface area contributed by atoms with Gasteiger partial charge in [-0.2, -0.15) is 0 Å². The zero-order valence-corrected chi connectivity index (χ0v) is 23.1. The van der Waals surface area contributed by atoms with E-state index in [-0.39, 0.29) is 25.2 Å². The molecule has 0 radical (unpaired) electrons. The van der Waals surface area contributed by atoms with Crippen molar-refractivity contribution in [1.82, 2.24) is 25.3 Å². The molecular formula is C25H31N5O9S. The van der Waals surface area contributed by atoms with Crippen LogP contribution in [0.25, 0.3) is 0 Å². The van der Waals surface area contributed by atoms with E-state index < -0.39 is 69.8 Å². The number of aliphatic carboxylic acids is 2. The summed E-state index contributed by atoms with van der Waals surface area (Å²) in [6.45, 7) is 6.18. The van der Waals surface area contributed by atoms with E-state index in [1.165, 1.54) is 17.0 Å². The van der Waals surface area contributed by atoms with Gasteiger partial charge in [0.1, 0.15) is 17.5 Å². The lowest BCUT2D eigenvalue weighted by molar-refractivity contribution is -0.153. The Bertz CT molecular complexity index is 1220. The number of carbonyl (C=O) groups is 7. The van der Waals surface area contributed by atoms with Gasteiger partial charge in [0.25, 0.3) is 0 Å². The zero-order chi connectivity index (χ0) is 29.9. The van der Waals surface area contributed by atoms with Crippen molar-refractivity contribution in [1.29, 1.82) is 0 Å². The van der Waals surface area contributed by atoms with Crippen molar-refractivity contribution in [3.8, 4) is 0 Å². The summed E-state index contributed by atoms with van der Waals surface area (Å²) in [5.74, 6) is -6.48. The van der Waals surface area contributed by atoms with Crippen LogP contribution in [0.1, 0.15) is 39.3 Å². The Hall–Kier alpha value is -4.14. The van der Waals surface area contributed by atoms with Crippen LogP contribution >= 0.6 is 11.8 Å². The van der Waals surface area contributed by atoms with Gasteiger partial charge in [0.15, 0.2) is 6.04 Å². The molecule has 4 atom stereocenters. The molecule has 0 aromatic heterocycles. The highest BCUT2D eigenvalue weighted by Gasteiger charge is 2.56. The minimum absolute atomic E-state index is 0.108. The Morgan fingerprint density at radius 3 is 2.17 bits per heavy atom. The maximum Gasteiger partial charge on any atom is 0.329 e. The Morgan fingerprint density at radius 1 is 1.02 bits per heavy atom. The summed E-state index contributed by atoms with van der Waals surface area (Å²) in [6, 6.07) is 2.15. The average molecular weight is 578 g/mol. The molecule has 3 rings (SSSR count). The van der Waals surface area contributed by atoms with Crippen molar-refractivity contribution in [3.05, 3.63) is 35.9 Å².